The van der Waals surface area contributed by atoms with Crippen molar-refractivity contribution in [2.24, 2.45) is 5.73 Å². The number of anilines is 2. The van der Waals surface area contributed by atoms with E-state index in [1.807, 2.05) is 6.07 Å². The molecule has 0 aliphatic heterocycles. The van der Waals surface area contributed by atoms with Crippen molar-refractivity contribution in [3.8, 4) is 6.07 Å². The zero-order valence-corrected chi connectivity index (χ0v) is 15.4. The Bertz CT molecular complexity index is 1020. The van der Waals surface area contributed by atoms with Gasteiger partial charge < -0.3 is 16.4 Å². The van der Waals surface area contributed by atoms with Gasteiger partial charge in [0.1, 0.15) is 22.3 Å². The number of carbonyl (C=O) groups is 1. The molecule has 0 radical (unpaired) electrons. The molecule has 2 atom stereocenters. The molecule has 3 heterocycles. The van der Waals surface area contributed by atoms with Crippen LogP contribution in [0.15, 0.2) is 29.9 Å². The summed E-state index contributed by atoms with van der Waals surface area (Å²) in [6.45, 7) is 0. The number of carbonyl (C=O) groups excluding carboxylic acids is 1. The molecular weight excluding hydrogens is 362 g/mol. The molecule has 1 aliphatic rings. The van der Waals surface area contributed by atoms with E-state index in [2.05, 4.69) is 26.8 Å². The summed E-state index contributed by atoms with van der Waals surface area (Å²) in [4.78, 5) is 17.7. The molecule has 138 valence electrons. The van der Waals surface area contributed by atoms with Gasteiger partial charge in [0.25, 0.3) is 5.91 Å². The Labute approximate surface area is 160 Å². The quantitative estimate of drug-likeness (QED) is 0.639. The van der Waals surface area contributed by atoms with Gasteiger partial charge in [-0.15, -0.1) is 11.3 Å². The Kier molecular flexibility index (Phi) is 4.75. The average Bonchev–Trinajstić information content (AvgIpc) is 3.29. The van der Waals surface area contributed by atoms with Crippen LogP contribution < -0.4 is 16.4 Å². The average molecular weight is 381 g/mol. The number of rotatable bonds is 4. The summed E-state index contributed by atoms with van der Waals surface area (Å²) in [5.74, 6) is 0.326. The maximum atomic E-state index is 12.7. The number of thiophene rings is 1. The second-order valence-corrected chi connectivity index (χ2v) is 7.48. The lowest BCUT2D eigenvalue weighted by atomic mass is 9.91. The summed E-state index contributed by atoms with van der Waals surface area (Å²) >= 11 is 1.28. The Morgan fingerprint density at radius 2 is 2.22 bits per heavy atom. The molecule has 0 aromatic carbocycles. The summed E-state index contributed by atoms with van der Waals surface area (Å²) in [5, 5.41) is 21.2. The third-order valence-corrected chi connectivity index (χ3v) is 5.60. The number of hydrogen-bond acceptors (Lipinski definition) is 7. The number of aromatic nitrogens is 3. The summed E-state index contributed by atoms with van der Waals surface area (Å²) < 4.78 is 1.56. The molecule has 9 heteroatoms. The summed E-state index contributed by atoms with van der Waals surface area (Å²) in [6.07, 6.45) is 7.56. The van der Waals surface area contributed by atoms with Crippen LogP contribution in [-0.2, 0) is 0 Å². The molecule has 1 fully saturated rings. The lowest BCUT2D eigenvalue weighted by molar-refractivity contribution is 0.102. The van der Waals surface area contributed by atoms with E-state index in [4.69, 9.17) is 11.0 Å². The van der Waals surface area contributed by atoms with E-state index >= 15 is 0 Å². The SMILES string of the molecule is N#Cc1sccc1NC(=O)c1cnn2ccc(N[C@@H]3CCCC[C@@H]3N)nc12. The van der Waals surface area contributed by atoms with Crippen molar-refractivity contribution in [3.05, 3.63) is 40.3 Å². The van der Waals surface area contributed by atoms with Crippen molar-refractivity contribution >= 4 is 34.4 Å². The first-order valence-corrected chi connectivity index (χ1v) is 9.69. The molecule has 1 amide bonds. The first-order chi connectivity index (χ1) is 13.2. The highest BCUT2D eigenvalue weighted by Crippen LogP contribution is 2.23. The normalized spacial score (nSPS) is 19.6. The molecule has 4 rings (SSSR count). The number of nitrogens with zero attached hydrogens (tertiary/aromatic N) is 4. The van der Waals surface area contributed by atoms with Crippen LogP contribution >= 0.6 is 11.3 Å². The monoisotopic (exact) mass is 381 g/mol. The molecular formula is C18H19N7OS. The zero-order chi connectivity index (χ0) is 18.8. The van der Waals surface area contributed by atoms with E-state index in [1.165, 1.54) is 17.5 Å². The third-order valence-electron chi connectivity index (χ3n) is 4.78. The second-order valence-electron chi connectivity index (χ2n) is 6.57. The Morgan fingerprint density at radius 1 is 1.37 bits per heavy atom. The number of nitriles is 1. The van der Waals surface area contributed by atoms with Gasteiger partial charge in [0.15, 0.2) is 5.65 Å². The zero-order valence-electron chi connectivity index (χ0n) is 14.6. The number of nitrogens with two attached hydrogens (primary N) is 1. The van der Waals surface area contributed by atoms with Crippen LogP contribution in [0.25, 0.3) is 5.65 Å². The molecule has 0 unspecified atom stereocenters. The van der Waals surface area contributed by atoms with Crippen LogP contribution in [0.4, 0.5) is 11.5 Å². The van der Waals surface area contributed by atoms with Gasteiger partial charge in [-0.2, -0.15) is 10.4 Å². The predicted molar refractivity (Wildman–Crippen MR) is 104 cm³/mol. The Morgan fingerprint density at radius 3 is 3.04 bits per heavy atom. The maximum Gasteiger partial charge on any atom is 0.261 e. The Hall–Kier alpha value is -2.96. The molecule has 1 aliphatic carbocycles. The van der Waals surface area contributed by atoms with Gasteiger partial charge in [-0.3, -0.25) is 4.79 Å². The van der Waals surface area contributed by atoms with Crippen LogP contribution in [-0.4, -0.2) is 32.6 Å². The summed E-state index contributed by atoms with van der Waals surface area (Å²) in [7, 11) is 0. The standard InChI is InChI=1S/C18H19N7OS/c19-9-15-14(6-8-27-15)23-18(26)11-10-21-25-7-5-16(24-17(11)25)22-13-4-2-1-3-12(13)20/h5-8,10,12-13H,1-4,20H2,(H,22,24)(H,23,26)/t12-,13+/m0/s1. The molecule has 0 saturated heterocycles. The van der Waals surface area contributed by atoms with E-state index in [9.17, 15) is 4.79 Å². The second kappa shape index (κ2) is 7.34. The van der Waals surface area contributed by atoms with Crippen LogP contribution in [0.1, 0.15) is 40.9 Å². The lowest BCUT2D eigenvalue weighted by Gasteiger charge is -2.29. The molecule has 3 aromatic heterocycles. The number of fused-ring (bicyclic) bond motifs is 1. The van der Waals surface area contributed by atoms with Crippen molar-refractivity contribution < 1.29 is 4.79 Å². The highest BCUT2D eigenvalue weighted by molar-refractivity contribution is 7.11. The van der Waals surface area contributed by atoms with Crippen molar-refractivity contribution in [1.82, 2.24) is 14.6 Å². The molecule has 3 aromatic rings. The van der Waals surface area contributed by atoms with Crippen molar-refractivity contribution in [3.63, 3.8) is 0 Å². The van der Waals surface area contributed by atoms with Crippen LogP contribution in [0, 0.1) is 11.3 Å². The number of amides is 1. The Balaban J connectivity index is 1.58. The van der Waals surface area contributed by atoms with Crippen LogP contribution in [0.5, 0.6) is 0 Å². The molecule has 27 heavy (non-hydrogen) atoms. The fourth-order valence-corrected chi connectivity index (χ4v) is 3.96. The molecule has 8 nitrogen and oxygen atoms in total. The van der Waals surface area contributed by atoms with Crippen LogP contribution in [0.3, 0.4) is 0 Å². The number of nitrogens with one attached hydrogen (secondary N) is 2. The van der Waals surface area contributed by atoms with Crippen molar-refractivity contribution in [1.29, 1.82) is 5.26 Å². The fourth-order valence-electron chi connectivity index (χ4n) is 3.32. The first kappa shape index (κ1) is 17.5. The van der Waals surface area contributed by atoms with Gasteiger partial charge in [0.05, 0.1) is 11.9 Å². The van der Waals surface area contributed by atoms with Gasteiger partial charge in [0.2, 0.25) is 0 Å². The van der Waals surface area contributed by atoms with E-state index in [0.717, 1.165) is 25.7 Å². The number of hydrogen-bond donors (Lipinski definition) is 3. The third kappa shape index (κ3) is 3.49. The smallest absolute Gasteiger partial charge is 0.261 e. The van der Waals surface area contributed by atoms with Gasteiger partial charge in [-0.05, 0) is 30.4 Å². The summed E-state index contributed by atoms with van der Waals surface area (Å²) in [5.41, 5.74) is 7.50. The minimum absolute atomic E-state index is 0.104. The summed E-state index contributed by atoms with van der Waals surface area (Å²) in [6, 6.07) is 5.89. The maximum absolute atomic E-state index is 12.7. The first-order valence-electron chi connectivity index (χ1n) is 8.81. The largest absolute Gasteiger partial charge is 0.366 e. The van der Waals surface area contributed by atoms with Gasteiger partial charge in [-0.1, -0.05) is 12.8 Å². The van der Waals surface area contributed by atoms with E-state index < -0.39 is 0 Å². The van der Waals surface area contributed by atoms with Crippen molar-refractivity contribution in [2.45, 2.75) is 37.8 Å². The minimum atomic E-state index is -0.348. The van der Waals surface area contributed by atoms with Gasteiger partial charge in [0, 0.05) is 18.3 Å². The van der Waals surface area contributed by atoms with E-state index in [-0.39, 0.29) is 18.0 Å². The van der Waals surface area contributed by atoms with Crippen molar-refractivity contribution in [2.75, 3.05) is 10.6 Å². The minimum Gasteiger partial charge on any atom is -0.366 e. The fraction of sp³-hybridized carbons (Fsp3) is 0.333. The van der Waals surface area contributed by atoms with Gasteiger partial charge >= 0.3 is 0 Å². The predicted octanol–water partition coefficient (Wildman–Crippen LogP) is 2.60. The molecule has 1 saturated carbocycles. The molecule has 0 spiro atoms. The highest BCUT2D eigenvalue weighted by Gasteiger charge is 2.22. The van der Waals surface area contributed by atoms with E-state index in [0.29, 0.717) is 27.6 Å². The topological polar surface area (TPSA) is 121 Å². The van der Waals surface area contributed by atoms with Gasteiger partial charge in [-0.25, -0.2) is 9.50 Å². The van der Waals surface area contributed by atoms with Crippen LogP contribution in [0.2, 0.25) is 0 Å². The lowest BCUT2D eigenvalue weighted by Crippen LogP contribution is -2.42. The molecule has 0 bridgehead atoms. The highest BCUT2D eigenvalue weighted by atomic mass is 32.1. The van der Waals surface area contributed by atoms with E-state index in [1.54, 1.807) is 22.2 Å². The molecule has 4 N–H and O–H groups in total.